The van der Waals surface area contributed by atoms with Crippen molar-refractivity contribution in [2.75, 3.05) is 6.54 Å². The number of rotatable bonds is 5. The van der Waals surface area contributed by atoms with Crippen molar-refractivity contribution in [3.63, 3.8) is 0 Å². The minimum Gasteiger partial charge on any atom is -0.352 e. The number of hydrogen-bond acceptors (Lipinski definition) is 3. The van der Waals surface area contributed by atoms with Crippen molar-refractivity contribution < 1.29 is 18.0 Å². The van der Waals surface area contributed by atoms with Crippen LogP contribution in [0.3, 0.4) is 0 Å². The van der Waals surface area contributed by atoms with E-state index in [-0.39, 0.29) is 12.5 Å². The maximum atomic E-state index is 12.3. The highest BCUT2D eigenvalue weighted by Gasteiger charge is 2.31. The molecule has 2 rings (SSSR count). The molecule has 0 aliphatic carbocycles. The Morgan fingerprint density at radius 1 is 1.43 bits per heavy atom. The molecule has 0 aromatic carbocycles. The lowest BCUT2D eigenvalue weighted by atomic mass is 10.1. The molecule has 0 bridgehead atoms. The monoisotopic (exact) mass is 301 g/mol. The third-order valence-corrected chi connectivity index (χ3v) is 3.49. The molecular weight excluding hydrogens is 283 g/mol. The van der Waals surface area contributed by atoms with E-state index in [0.29, 0.717) is 18.0 Å². The summed E-state index contributed by atoms with van der Waals surface area (Å²) in [5, 5.41) is 6.00. The molecule has 0 saturated carbocycles. The fourth-order valence-corrected chi connectivity index (χ4v) is 2.29. The summed E-state index contributed by atoms with van der Waals surface area (Å²) in [7, 11) is 0. The summed E-state index contributed by atoms with van der Waals surface area (Å²) in [6.45, 7) is 1.20. The van der Waals surface area contributed by atoms with Gasteiger partial charge < -0.3 is 10.6 Å². The fraction of sp³-hybridized carbons (Fsp3) is 0.571. The Morgan fingerprint density at radius 2 is 2.24 bits per heavy atom. The normalized spacial score (nSPS) is 18.7. The van der Waals surface area contributed by atoms with Gasteiger partial charge in [0, 0.05) is 25.2 Å². The van der Waals surface area contributed by atoms with Gasteiger partial charge in [-0.15, -0.1) is 0 Å². The van der Waals surface area contributed by atoms with E-state index in [0.717, 1.165) is 38.1 Å². The van der Waals surface area contributed by atoms with Crippen LogP contribution in [0.5, 0.6) is 0 Å². The summed E-state index contributed by atoms with van der Waals surface area (Å²) in [6, 6.07) is 2.65. The van der Waals surface area contributed by atoms with Crippen LogP contribution in [-0.2, 0) is 17.5 Å². The largest absolute Gasteiger partial charge is 0.433 e. The first-order chi connectivity index (χ1) is 9.95. The Balaban J connectivity index is 1.73. The highest BCUT2D eigenvalue weighted by molar-refractivity contribution is 5.75. The van der Waals surface area contributed by atoms with Crippen LogP contribution >= 0.6 is 0 Å². The van der Waals surface area contributed by atoms with Crippen LogP contribution in [0.2, 0.25) is 0 Å². The van der Waals surface area contributed by atoms with Gasteiger partial charge in [-0.05, 0) is 37.4 Å². The first-order valence-electron chi connectivity index (χ1n) is 6.97. The molecule has 2 N–H and O–H groups in total. The molecule has 7 heteroatoms. The topological polar surface area (TPSA) is 54.0 Å². The molecular formula is C14H18F3N3O. The lowest BCUT2D eigenvalue weighted by Crippen LogP contribution is -2.27. The number of amides is 1. The third kappa shape index (κ3) is 5.00. The van der Waals surface area contributed by atoms with Gasteiger partial charge >= 0.3 is 6.18 Å². The Bertz CT molecular complexity index is 467. The Morgan fingerprint density at radius 3 is 2.81 bits per heavy atom. The molecule has 0 radical (unpaired) electrons. The van der Waals surface area contributed by atoms with Crippen LogP contribution in [-0.4, -0.2) is 23.5 Å². The first-order valence-corrected chi connectivity index (χ1v) is 6.97. The van der Waals surface area contributed by atoms with Gasteiger partial charge in [0.1, 0.15) is 5.69 Å². The molecule has 2 heterocycles. The second kappa shape index (κ2) is 6.89. The highest BCUT2D eigenvalue weighted by Crippen LogP contribution is 2.27. The number of carbonyl (C=O) groups is 1. The van der Waals surface area contributed by atoms with Crippen molar-refractivity contribution in [3.8, 4) is 0 Å². The van der Waals surface area contributed by atoms with Crippen LogP contribution in [0, 0.1) is 0 Å². The predicted molar refractivity (Wildman–Crippen MR) is 71.3 cm³/mol. The molecule has 1 aliphatic rings. The van der Waals surface area contributed by atoms with E-state index < -0.39 is 11.9 Å². The van der Waals surface area contributed by atoms with Gasteiger partial charge in [-0.1, -0.05) is 6.07 Å². The summed E-state index contributed by atoms with van der Waals surface area (Å²) in [4.78, 5) is 15.0. The molecule has 1 aromatic rings. The van der Waals surface area contributed by atoms with Gasteiger partial charge in [0.25, 0.3) is 0 Å². The van der Waals surface area contributed by atoms with E-state index in [1.165, 1.54) is 6.07 Å². The van der Waals surface area contributed by atoms with E-state index in [2.05, 4.69) is 15.6 Å². The van der Waals surface area contributed by atoms with Crippen molar-refractivity contribution in [2.24, 2.45) is 0 Å². The van der Waals surface area contributed by atoms with E-state index in [1.54, 1.807) is 0 Å². The van der Waals surface area contributed by atoms with Gasteiger partial charge in [-0.2, -0.15) is 13.2 Å². The van der Waals surface area contributed by atoms with Gasteiger partial charge in [-0.3, -0.25) is 9.78 Å². The zero-order valence-corrected chi connectivity index (χ0v) is 11.5. The van der Waals surface area contributed by atoms with E-state index in [1.807, 2.05) is 0 Å². The summed E-state index contributed by atoms with van der Waals surface area (Å²) in [5.41, 5.74) is -0.375. The summed E-state index contributed by atoms with van der Waals surface area (Å²) < 4.78 is 37.0. The van der Waals surface area contributed by atoms with E-state index in [4.69, 9.17) is 0 Å². The number of hydrogen-bond donors (Lipinski definition) is 2. The van der Waals surface area contributed by atoms with Crippen LogP contribution in [0.4, 0.5) is 13.2 Å². The van der Waals surface area contributed by atoms with Crippen LogP contribution < -0.4 is 10.6 Å². The maximum absolute atomic E-state index is 12.3. The van der Waals surface area contributed by atoms with E-state index in [9.17, 15) is 18.0 Å². The number of pyridine rings is 1. The summed E-state index contributed by atoms with van der Waals surface area (Å²) in [6.07, 6.45) is 0.153. The molecule has 1 fully saturated rings. The molecule has 1 aromatic heterocycles. The smallest absolute Gasteiger partial charge is 0.352 e. The average Bonchev–Trinajstić information content (AvgIpc) is 2.95. The van der Waals surface area contributed by atoms with Crippen LogP contribution in [0.15, 0.2) is 18.3 Å². The van der Waals surface area contributed by atoms with Crippen molar-refractivity contribution in [3.05, 3.63) is 29.6 Å². The fourth-order valence-electron chi connectivity index (χ4n) is 2.29. The van der Waals surface area contributed by atoms with E-state index >= 15 is 0 Å². The Kier molecular flexibility index (Phi) is 5.17. The molecule has 1 unspecified atom stereocenters. The van der Waals surface area contributed by atoms with Gasteiger partial charge in [0.2, 0.25) is 5.91 Å². The molecule has 1 saturated heterocycles. The van der Waals surface area contributed by atoms with Crippen molar-refractivity contribution >= 4 is 5.91 Å². The third-order valence-electron chi connectivity index (χ3n) is 3.49. The minimum absolute atomic E-state index is 0.0939. The molecule has 21 heavy (non-hydrogen) atoms. The number of alkyl halides is 3. The highest BCUT2D eigenvalue weighted by atomic mass is 19.4. The van der Waals surface area contributed by atoms with Crippen LogP contribution in [0.25, 0.3) is 0 Å². The van der Waals surface area contributed by atoms with Crippen molar-refractivity contribution in [1.82, 2.24) is 15.6 Å². The number of nitrogens with one attached hydrogen (secondary N) is 2. The average molecular weight is 301 g/mol. The van der Waals surface area contributed by atoms with Crippen LogP contribution in [0.1, 0.15) is 36.9 Å². The number of nitrogens with zero attached hydrogens (tertiary/aromatic N) is 1. The minimum atomic E-state index is -4.43. The first kappa shape index (κ1) is 15.8. The second-order valence-electron chi connectivity index (χ2n) is 5.16. The standard InChI is InChI=1S/C14H18F3N3O/c15-14(16,17)12-5-3-10(8-19-12)9-20-13(21)6-4-11-2-1-7-18-11/h3,5,8,11,18H,1-2,4,6-7,9H2,(H,20,21). The molecule has 0 spiro atoms. The zero-order valence-electron chi connectivity index (χ0n) is 11.5. The Labute approximate surface area is 121 Å². The van der Waals surface area contributed by atoms with Gasteiger partial charge in [-0.25, -0.2) is 0 Å². The van der Waals surface area contributed by atoms with Gasteiger partial charge in [0.05, 0.1) is 0 Å². The molecule has 116 valence electrons. The quantitative estimate of drug-likeness (QED) is 0.877. The summed E-state index contributed by atoms with van der Waals surface area (Å²) in [5.74, 6) is -0.0939. The second-order valence-corrected chi connectivity index (χ2v) is 5.16. The number of carbonyl (C=O) groups excluding carboxylic acids is 1. The lowest BCUT2D eigenvalue weighted by molar-refractivity contribution is -0.141. The predicted octanol–water partition coefficient (Wildman–Crippen LogP) is 2.25. The van der Waals surface area contributed by atoms with Gasteiger partial charge in [0.15, 0.2) is 0 Å². The Hall–Kier alpha value is -1.63. The molecule has 1 amide bonds. The summed E-state index contributed by atoms with van der Waals surface area (Å²) >= 11 is 0. The SMILES string of the molecule is O=C(CCC1CCCN1)NCc1ccc(C(F)(F)F)nc1. The molecule has 1 aliphatic heterocycles. The lowest BCUT2D eigenvalue weighted by Gasteiger charge is -2.10. The molecule has 1 atom stereocenters. The van der Waals surface area contributed by atoms with Crippen molar-refractivity contribution in [2.45, 2.75) is 44.4 Å². The molecule has 4 nitrogen and oxygen atoms in total. The number of aromatic nitrogens is 1. The number of halogens is 3. The zero-order chi connectivity index (χ0) is 15.3. The van der Waals surface area contributed by atoms with Crippen molar-refractivity contribution in [1.29, 1.82) is 0 Å². The maximum Gasteiger partial charge on any atom is 0.433 e.